The van der Waals surface area contributed by atoms with E-state index in [0.717, 1.165) is 18.3 Å². The van der Waals surface area contributed by atoms with Crippen molar-refractivity contribution in [1.82, 2.24) is 20.8 Å². The molecule has 2 aromatic heterocycles. The maximum atomic E-state index is 13.8. The number of imide groups is 1. The first-order valence-electron chi connectivity index (χ1n) is 12.9. The van der Waals surface area contributed by atoms with Crippen molar-refractivity contribution in [2.75, 3.05) is 4.90 Å². The predicted octanol–water partition coefficient (Wildman–Crippen LogP) is 5.78. The molecule has 0 saturated carbocycles. The number of rotatable bonds is 5. The summed E-state index contributed by atoms with van der Waals surface area (Å²) in [5.74, 6) is -2.45. The Kier molecular flexibility index (Phi) is 6.90. The van der Waals surface area contributed by atoms with Gasteiger partial charge >= 0.3 is 6.18 Å². The standard InChI is InChI=1S/C32H20F3N5O3/c33-32(34,35)25-12-4-6-14-28(25)40-30(42)22-11-2-1-9-20(22)24(31(40)43)18-37-39-29(41)23-16-27(19-8-7-15-36-17-19)38-26-13-5-3-10-21(23)26/h1-18,37H,(H,39,41). The number of hydrogen-bond acceptors (Lipinski definition) is 6. The van der Waals surface area contributed by atoms with E-state index < -0.39 is 35.1 Å². The van der Waals surface area contributed by atoms with Crippen LogP contribution >= 0.6 is 0 Å². The molecule has 3 heterocycles. The lowest BCUT2D eigenvalue weighted by molar-refractivity contribution is -0.137. The molecule has 1 aliphatic heterocycles. The van der Waals surface area contributed by atoms with E-state index >= 15 is 0 Å². The van der Waals surface area contributed by atoms with E-state index in [4.69, 9.17) is 0 Å². The highest BCUT2D eigenvalue weighted by atomic mass is 19.4. The average molecular weight is 580 g/mol. The third-order valence-electron chi connectivity index (χ3n) is 6.85. The Morgan fingerprint density at radius 3 is 2.33 bits per heavy atom. The minimum absolute atomic E-state index is 0.0275. The third-order valence-corrected chi connectivity index (χ3v) is 6.85. The van der Waals surface area contributed by atoms with Crippen LogP contribution in [-0.4, -0.2) is 27.7 Å². The first-order chi connectivity index (χ1) is 20.7. The van der Waals surface area contributed by atoms with E-state index in [2.05, 4.69) is 20.8 Å². The van der Waals surface area contributed by atoms with Crippen LogP contribution in [0.15, 0.2) is 110 Å². The smallest absolute Gasteiger partial charge is 0.305 e. The van der Waals surface area contributed by atoms with Gasteiger partial charge < -0.3 is 5.43 Å². The van der Waals surface area contributed by atoms with Crippen LogP contribution in [-0.2, 0) is 11.0 Å². The number of aromatic nitrogens is 2. The van der Waals surface area contributed by atoms with E-state index in [0.29, 0.717) is 27.1 Å². The van der Waals surface area contributed by atoms with Crippen molar-refractivity contribution >= 4 is 39.9 Å². The fraction of sp³-hybridized carbons (Fsp3) is 0.0312. The molecule has 1 aliphatic rings. The van der Waals surface area contributed by atoms with Crippen LogP contribution in [0, 0.1) is 0 Å². The number of halogens is 3. The van der Waals surface area contributed by atoms with Gasteiger partial charge in [0.05, 0.1) is 33.6 Å². The molecule has 8 nitrogen and oxygen atoms in total. The molecule has 0 saturated heterocycles. The van der Waals surface area contributed by atoms with Crippen LogP contribution in [0.2, 0.25) is 0 Å². The van der Waals surface area contributed by atoms with E-state index in [1.54, 1.807) is 60.9 Å². The van der Waals surface area contributed by atoms with Crippen LogP contribution in [0.1, 0.15) is 31.8 Å². The number of carbonyl (C=O) groups is 3. The highest BCUT2D eigenvalue weighted by Crippen LogP contribution is 2.40. The molecule has 11 heteroatoms. The van der Waals surface area contributed by atoms with Crippen molar-refractivity contribution in [1.29, 1.82) is 0 Å². The van der Waals surface area contributed by atoms with Crippen molar-refractivity contribution in [2.45, 2.75) is 6.18 Å². The Bertz CT molecular complexity index is 1940. The molecule has 212 valence electrons. The van der Waals surface area contributed by atoms with Gasteiger partial charge in [0.25, 0.3) is 17.7 Å². The quantitative estimate of drug-likeness (QED) is 0.156. The molecule has 3 aromatic carbocycles. The summed E-state index contributed by atoms with van der Waals surface area (Å²) in [6, 6.07) is 22.7. The summed E-state index contributed by atoms with van der Waals surface area (Å²) in [6.07, 6.45) is -0.416. The topological polar surface area (TPSA) is 104 Å². The Balaban J connectivity index is 1.35. The van der Waals surface area contributed by atoms with Gasteiger partial charge in [-0.3, -0.25) is 24.8 Å². The Hall–Kier alpha value is -5.84. The zero-order valence-corrected chi connectivity index (χ0v) is 22.1. The normalized spacial score (nSPS) is 14.1. The average Bonchev–Trinajstić information content (AvgIpc) is 3.02. The summed E-state index contributed by atoms with van der Waals surface area (Å²) in [5.41, 5.74) is 5.57. The molecule has 0 unspecified atom stereocenters. The largest absolute Gasteiger partial charge is 0.418 e. The first-order valence-corrected chi connectivity index (χ1v) is 12.9. The number of carbonyl (C=O) groups excluding carboxylic acids is 3. The number of fused-ring (bicyclic) bond motifs is 2. The predicted molar refractivity (Wildman–Crippen MR) is 153 cm³/mol. The molecule has 5 aromatic rings. The second-order valence-corrected chi connectivity index (χ2v) is 9.48. The zero-order valence-electron chi connectivity index (χ0n) is 22.1. The number of para-hydroxylation sites is 2. The van der Waals surface area contributed by atoms with E-state index in [-0.39, 0.29) is 22.3 Å². The van der Waals surface area contributed by atoms with Crippen LogP contribution < -0.4 is 15.8 Å². The fourth-order valence-corrected chi connectivity index (χ4v) is 4.89. The first kappa shape index (κ1) is 27.3. The fourth-order valence-electron chi connectivity index (χ4n) is 4.89. The minimum atomic E-state index is -4.81. The number of alkyl halides is 3. The van der Waals surface area contributed by atoms with E-state index in [9.17, 15) is 27.6 Å². The van der Waals surface area contributed by atoms with Gasteiger partial charge in [0.15, 0.2) is 0 Å². The van der Waals surface area contributed by atoms with Gasteiger partial charge in [0.1, 0.15) is 0 Å². The van der Waals surface area contributed by atoms with Gasteiger partial charge in [-0.2, -0.15) is 13.2 Å². The lowest BCUT2D eigenvalue weighted by atomic mass is 9.93. The maximum Gasteiger partial charge on any atom is 0.418 e. The number of hydrazine groups is 1. The summed E-state index contributed by atoms with van der Waals surface area (Å²) in [4.78, 5) is 49.5. The third kappa shape index (κ3) is 5.08. The number of amides is 3. The molecule has 43 heavy (non-hydrogen) atoms. The highest BCUT2D eigenvalue weighted by molar-refractivity contribution is 6.41. The Morgan fingerprint density at radius 1 is 0.837 bits per heavy atom. The summed E-state index contributed by atoms with van der Waals surface area (Å²) < 4.78 is 41.5. The van der Waals surface area contributed by atoms with Crippen LogP contribution in [0.25, 0.3) is 27.7 Å². The molecule has 0 atom stereocenters. The van der Waals surface area contributed by atoms with Crippen LogP contribution in [0.5, 0.6) is 0 Å². The summed E-state index contributed by atoms with van der Waals surface area (Å²) in [7, 11) is 0. The van der Waals surface area contributed by atoms with Gasteiger partial charge in [-0.25, -0.2) is 9.88 Å². The second kappa shape index (κ2) is 10.9. The number of nitrogens with zero attached hydrogens (tertiary/aromatic N) is 3. The molecule has 3 amide bonds. The molecule has 0 aliphatic carbocycles. The highest BCUT2D eigenvalue weighted by Gasteiger charge is 2.41. The SMILES string of the molecule is O=C(NNC=C1C(=O)N(c2ccccc2C(F)(F)F)C(=O)c2ccccc21)c1cc(-c2cccnc2)nc2ccccc12. The molecule has 0 radical (unpaired) electrons. The number of hydrogen-bond donors (Lipinski definition) is 2. The van der Waals surface area contributed by atoms with Crippen LogP contribution in [0.3, 0.4) is 0 Å². The summed E-state index contributed by atoms with van der Waals surface area (Å²) in [6.45, 7) is 0. The van der Waals surface area contributed by atoms with E-state index in [1.807, 2.05) is 6.07 Å². The van der Waals surface area contributed by atoms with Crippen molar-refractivity contribution in [3.63, 3.8) is 0 Å². The van der Waals surface area contributed by atoms with Crippen molar-refractivity contribution in [3.05, 3.63) is 132 Å². The van der Waals surface area contributed by atoms with E-state index in [1.165, 1.54) is 24.3 Å². The molecule has 0 fully saturated rings. The van der Waals surface area contributed by atoms with Gasteiger partial charge in [-0.05, 0) is 42.5 Å². The second-order valence-electron chi connectivity index (χ2n) is 9.48. The van der Waals surface area contributed by atoms with Gasteiger partial charge in [0.2, 0.25) is 0 Å². The molecule has 0 bridgehead atoms. The Labute approximate surface area is 242 Å². The summed E-state index contributed by atoms with van der Waals surface area (Å²) >= 11 is 0. The van der Waals surface area contributed by atoms with Crippen molar-refractivity contribution in [2.24, 2.45) is 0 Å². The van der Waals surface area contributed by atoms with Crippen molar-refractivity contribution < 1.29 is 27.6 Å². The number of benzene rings is 3. The van der Waals surface area contributed by atoms with Crippen molar-refractivity contribution in [3.8, 4) is 11.3 Å². The molecular formula is C32H20F3N5O3. The molecule has 6 rings (SSSR count). The number of nitrogens with one attached hydrogen (secondary N) is 2. The Morgan fingerprint density at radius 2 is 1.56 bits per heavy atom. The molecule has 0 spiro atoms. The van der Waals surface area contributed by atoms with Crippen LogP contribution in [0.4, 0.5) is 18.9 Å². The zero-order chi connectivity index (χ0) is 30.1. The minimum Gasteiger partial charge on any atom is -0.305 e. The lowest BCUT2D eigenvalue weighted by Gasteiger charge is -2.30. The summed E-state index contributed by atoms with van der Waals surface area (Å²) in [5, 5.41) is 0.571. The lowest BCUT2D eigenvalue weighted by Crippen LogP contribution is -2.43. The maximum absolute atomic E-state index is 13.8. The monoisotopic (exact) mass is 579 g/mol. The molecular weight excluding hydrogens is 559 g/mol. The van der Waals surface area contributed by atoms with Gasteiger partial charge in [0, 0.05) is 40.7 Å². The van der Waals surface area contributed by atoms with Gasteiger partial charge in [-0.1, -0.05) is 48.5 Å². The number of anilines is 1. The number of pyridine rings is 2. The van der Waals surface area contributed by atoms with Gasteiger partial charge in [-0.15, -0.1) is 0 Å². The molecule has 2 N–H and O–H groups in total.